The Morgan fingerprint density at radius 3 is 2.14 bits per heavy atom. The lowest BCUT2D eigenvalue weighted by molar-refractivity contribution is 1.13. The second-order valence-corrected chi connectivity index (χ2v) is 4.57. The zero-order chi connectivity index (χ0) is 5.28. The van der Waals surface area contributed by atoms with Gasteiger partial charge in [-0.2, -0.15) is 0 Å². The molecule has 1 aliphatic carbocycles. The molecule has 2 heteroatoms. The number of halogens is 2. The van der Waals surface area contributed by atoms with E-state index in [0.29, 0.717) is 0 Å². The van der Waals surface area contributed by atoms with Gasteiger partial charge in [-0.3, -0.25) is 0 Å². The quantitative estimate of drug-likeness (QED) is 0.644. The molecule has 1 fully saturated rings. The molecule has 0 N–H and O–H groups in total. The highest BCUT2D eigenvalue weighted by atomic mass is 79.9. The fourth-order valence-corrected chi connectivity index (χ4v) is 1.19. The third kappa shape index (κ3) is 2.50. The third-order valence-electron chi connectivity index (χ3n) is 0.984. The highest BCUT2D eigenvalue weighted by molar-refractivity contribution is 9.28. The van der Waals surface area contributed by atoms with E-state index in [1.165, 1.54) is 12.8 Å². The Kier molecular flexibility index (Phi) is 1.93. The monoisotopic (exact) mass is 224 g/mol. The Bertz CT molecular complexity index is 88.3. The topological polar surface area (TPSA) is 0 Å². The predicted octanol–water partition coefficient (Wildman–Crippen LogP) is 3.03. The van der Waals surface area contributed by atoms with Crippen LogP contribution < -0.4 is 0 Å². The van der Waals surface area contributed by atoms with Crippen LogP contribution in [0.5, 0.6) is 0 Å². The fraction of sp³-hybridized carbons (Fsp3) is 0.600. The minimum Gasteiger partial charge on any atom is -0.0601 e. The molecule has 0 atom stereocenters. The van der Waals surface area contributed by atoms with Crippen LogP contribution in [0, 0.1) is 5.92 Å². The first kappa shape index (κ1) is 5.83. The zero-order valence-corrected chi connectivity index (χ0v) is 7.00. The summed E-state index contributed by atoms with van der Waals surface area (Å²) in [4.78, 5) is 0. The van der Waals surface area contributed by atoms with E-state index in [9.17, 15) is 0 Å². The van der Waals surface area contributed by atoms with Crippen molar-refractivity contribution in [2.75, 3.05) is 0 Å². The van der Waals surface area contributed by atoms with E-state index in [0.717, 1.165) is 9.31 Å². The molecule has 1 rings (SSSR count). The van der Waals surface area contributed by atoms with Crippen LogP contribution in [0.3, 0.4) is 0 Å². The van der Waals surface area contributed by atoms with Gasteiger partial charge in [-0.15, -0.1) is 0 Å². The summed E-state index contributed by atoms with van der Waals surface area (Å²) in [7, 11) is 0. The number of hydrogen-bond acceptors (Lipinski definition) is 0. The van der Waals surface area contributed by atoms with Crippen LogP contribution in [0.4, 0.5) is 0 Å². The van der Waals surface area contributed by atoms with Crippen LogP contribution in [0.25, 0.3) is 0 Å². The summed E-state index contributed by atoms with van der Waals surface area (Å²) in [5.41, 5.74) is 0. The maximum absolute atomic E-state index is 3.29. The average Bonchev–Trinajstić information content (AvgIpc) is 2.17. The van der Waals surface area contributed by atoms with Crippen molar-refractivity contribution >= 4 is 31.9 Å². The Morgan fingerprint density at radius 2 is 2.00 bits per heavy atom. The van der Waals surface area contributed by atoms with Gasteiger partial charge in [-0.25, -0.2) is 0 Å². The Balaban J connectivity index is 2.29. The van der Waals surface area contributed by atoms with Crippen LogP contribution in [0.15, 0.2) is 9.47 Å². The van der Waals surface area contributed by atoms with Crippen LogP contribution >= 0.6 is 31.9 Å². The van der Waals surface area contributed by atoms with Gasteiger partial charge in [0.05, 0.1) is 3.39 Å². The highest BCUT2D eigenvalue weighted by Crippen LogP contribution is 2.33. The maximum Gasteiger partial charge on any atom is 0.0567 e. The number of hydrogen-bond donors (Lipinski definition) is 0. The second-order valence-electron chi connectivity index (χ2n) is 1.79. The van der Waals surface area contributed by atoms with E-state index in [2.05, 4.69) is 37.9 Å². The molecule has 1 saturated carbocycles. The van der Waals surface area contributed by atoms with Crippen molar-refractivity contribution in [1.82, 2.24) is 0 Å². The van der Waals surface area contributed by atoms with Gasteiger partial charge in [0, 0.05) is 0 Å². The van der Waals surface area contributed by atoms with Gasteiger partial charge in [0.2, 0.25) is 0 Å². The molecule has 0 aromatic carbocycles. The minimum atomic E-state index is 0.869. The van der Waals surface area contributed by atoms with Crippen molar-refractivity contribution in [2.45, 2.75) is 12.8 Å². The lowest BCUT2D eigenvalue weighted by atomic mass is 10.4. The number of rotatable bonds is 1. The Labute approximate surface area is 60.2 Å². The molecule has 0 aromatic rings. The Hall–Kier alpha value is 0.700. The molecule has 0 unspecified atom stereocenters. The molecule has 0 heterocycles. The number of allylic oxidation sites excluding steroid dienone is 1. The summed E-state index contributed by atoms with van der Waals surface area (Å²) in [6, 6.07) is 0. The van der Waals surface area contributed by atoms with Crippen LogP contribution in [-0.4, -0.2) is 0 Å². The smallest absolute Gasteiger partial charge is 0.0567 e. The largest absolute Gasteiger partial charge is 0.0601 e. The van der Waals surface area contributed by atoms with Crippen molar-refractivity contribution < 1.29 is 0 Å². The zero-order valence-electron chi connectivity index (χ0n) is 3.82. The summed E-state index contributed by atoms with van der Waals surface area (Å²) in [5.74, 6) is 0.869. The van der Waals surface area contributed by atoms with Crippen LogP contribution in [0.2, 0.25) is 0 Å². The maximum atomic E-state index is 3.29. The van der Waals surface area contributed by atoms with Crippen molar-refractivity contribution in [3.63, 3.8) is 0 Å². The fourth-order valence-electron chi connectivity index (χ4n) is 0.441. The van der Waals surface area contributed by atoms with Gasteiger partial charge < -0.3 is 0 Å². The van der Waals surface area contributed by atoms with E-state index in [1.54, 1.807) is 0 Å². The van der Waals surface area contributed by atoms with Crippen molar-refractivity contribution in [1.29, 1.82) is 0 Å². The molecular weight excluding hydrogens is 220 g/mol. The molecule has 0 aliphatic heterocycles. The molecule has 0 radical (unpaired) electrons. The SMILES string of the molecule is BrC(Br)=CC1CC1. The second kappa shape index (κ2) is 2.31. The van der Waals surface area contributed by atoms with E-state index < -0.39 is 0 Å². The minimum absolute atomic E-state index is 0.869. The first-order valence-electron chi connectivity index (χ1n) is 2.32. The van der Waals surface area contributed by atoms with E-state index >= 15 is 0 Å². The summed E-state index contributed by atoms with van der Waals surface area (Å²) in [6.45, 7) is 0. The molecular formula is C5H6Br2. The van der Waals surface area contributed by atoms with Crippen LogP contribution in [-0.2, 0) is 0 Å². The van der Waals surface area contributed by atoms with E-state index in [1.807, 2.05) is 0 Å². The first-order valence-corrected chi connectivity index (χ1v) is 3.90. The van der Waals surface area contributed by atoms with Crippen molar-refractivity contribution in [3.05, 3.63) is 9.47 Å². The van der Waals surface area contributed by atoms with Crippen LogP contribution in [0.1, 0.15) is 12.8 Å². The van der Waals surface area contributed by atoms with E-state index in [4.69, 9.17) is 0 Å². The standard InChI is InChI=1S/C5H6Br2/c6-5(7)3-4-1-2-4/h3-4H,1-2H2. The Morgan fingerprint density at radius 1 is 1.43 bits per heavy atom. The van der Waals surface area contributed by atoms with Gasteiger partial charge >= 0.3 is 0 Å². The highest BCUT2D eigenvalue weighted by Gasteiger charge is 2.17. The molecule has 1 aliphatic rings. The lowest BCUT2D eigenvalue weighted by Crippen LogP contribution is -1.58. The summed E-state index contributed by atoms with van der Waals surface area (Å²) >= 11 is 6.59. The normalized spacial score (nSPS) is 19.1. The van der Waals surface area contributed by atoms with Gasteiger partial charge in [0.15, 0.2) is 0 Å². The van der Waals surface area contributed by atoms with Gasteiger partial charge in [-0.1, -0.05) is 6.08 Å². The summed E-state index contributed by atoms with van der Waals surface area (Å²) < 4.78 is 1.10. The lowest BCUT2D eigenvalue weighted by Gasteiger charge is -1.77. The molecule has 40 valence electrons. The molecule has 0 saturated heterocycles. The first-order chi connectivity index (χ1) is 3.29. The van der Waals surface area contributed by atoms with Crippen molar-refractivity contribution in [3.8, 4) is 0 Å². The predicted molar refractivity (Wildman–Crippen MR) is 38.7 cm³/mol. The van der Waals surface area contributed by atoms with Gasteiger partial charge in [0.1, 0.15) is 0 Å². The third-order valence-corrected chi connectivity index (χ3v) is 1.51. The van der Waals surface area contributed by atoms with Gasteiger partial charge in [0.25, 0.3) is 0 Å². The summed E-state index contributed by atoms with van der Waals surface area (Å²) in [6.07, 6.45) is 4.95. The average molecular weight is 226 g/mol. The molecule has 0 spiro atoms. The van der Waals surface area contributed by atoms with E-state index in [-0.39, 0.29) is 0 Å². The molecule has 0 aromatic heterocycles. The molecule has 7 heavy (non-hydrogen) atoms. The van der Waals surface area contributed by atoms with Gasteiger partial charge in [-0.05, 0) is 50.6 Å². The molecule has 0 amide bonds. The van der Waals surface area contributed by atoms with Crippen molar-refractivity contribution in [2.24, 2.45) is 5.92 Å². The summed E-state index contributed by atoms with van der Waals surface area (Å²) in [5, 5.41) is 0. The molecule has 0 bridgehead atoms. The molecule has 0 nitrogen and oxygen atoms in total.